The molecule has 1 aromatic heterocycles. The van der Waals surface area contributed by atoms with Crippen molar-refractivity contribution in [2.75, 3.05) is 34.0 Å². The first kappa shape index (κ1) is 16.8. The maximum Gasteiger partial charge on any atom is 0.260 e. The van der Waals surface area contributed by atoms with Gasteiger partial charge in [0.25, 0.3) is 5.91 Å². The van der Waals surface area contributed by atoms with Crippen LogP contribution >= 0.6 is 0 Å². The van der Waals surface area contributed by atoms with Crippen LogP contribution in [-0.4, -0.2) is 66.7 Å². The van der Waals surface area contributed by atoms with Gasteiger partial charge in [-0.2, -0.15) is 5.10 Å². The largest absolute Gasteiger partial charge is 0.480 e. The molecular formula is C15H25N3O4. The van der Waals surface area contributed by atoms with Crippen molar-refractivity contribution in [1.29, 1.82) is 0 Å². The van der Waals surface area contributed by atoms with Gasteiger partial charge in [0.05, 0.1) is 24.4 Å². The standard InChI is InChI=1S/C15H25N3O4/c1-10-15(11(2)17(3)16-10)22-9-14(19)18-7-13(21-5)6-12(18)8-20-4/h12-13H,6-9H2,1-5H3/t12-,13+/m0/s1. The summed E-state index contributed by atoms with van der Waals surface area (Å²) in [5.74, 6) is 0.630. The highest BCUT2D eigenvalue weighted by molar-refractivity contribution is 5.78. The molecule has 0 unspecified atom stereocenters. The molecule has 1 amide bonds. The molecule has 0 saturated carbocycles. The molecule has 1 aromatic rings. The van der Waals surface area contributed by atoms with E-state index < -0.39 is 0 Å². The third-order valence-corrected chi connectivity index (χ3v) is 4.17. The normalized spacial score (nSPS) is 21.4. The third-order valence-electron chi connectivity index (χ3n) is 4.17. The molecule has 0 bridgehead atoms. The van der Waals surface area contributed by atoms with Crippen LogP contribution in [0.15, 0.2) is 0 Å². The third kappa shape index (κ3) is 3.41. The summed E-state index contributed by atoms with van der Waals surface area (Å²) in [5, 5.41) is 4.28. The van der Waals surface area contributed by atoms with Crippen LogP contribution in [0.2, 0.25) is 0 Å². The zero-order valence-electron chi connectivity index (χ0n) is 14.0. The second-order valence-electron chi connectivity index (χ2n) is 5.66. The molecule has 124 valence electrons. The maximum atomic E-state index is 12.5. The zero-order chi connectivity index (χ0) is 16.3. The molecule has 1 aliphatic heterocycles. The fourth-order valence-corrected chi connectivity index (χ4v) is 2.88. The predicted octanol–water partition coefficient (Wildman–Crippen LogP) is 0.678. The number of aryl methyl sites for hydroxylation is 2. The van der Waals surface area contributed by atoms with E-state index in [-0.39, 0.29) is 24.7 Å². The van der Waals surface area contributed by atoms with Gasteiger partial charge in [-0.25, -0.2) is 0 Å². The Hall–Kier alpha value is -1.60. The topological polar surface area (TPSA) is 65.8 Å². The SMILES string of the molecule is COC[C@@H]1C[C@@H](OC)CN1C(=O)COc1c(C)nn(C)c1C. The smallest absolute Gasteiger partial charge is 0.260 e. The molecular weight excluding hydrogens is 286 g/mol. The average Bonchev–Trinajstić information content (AvgIpc) is 3.00. The maximum absolute atomic E-state index is 12.5. The number of rotatable bonds is 6. The van der Waals surface area contributed by atoms with E-state index in [2.05, 4.69) is 5.10 Å². The molecule has 2 heterocycles. The van der Waals surface area contributed by atoms with Crippen LogP contribution in [-0.2, 0) is 21.3 Å². The summed E-state index contributed by atoms with van der Waals surface area (Å²) in [6.45, 7) is 4.89. The van der Waals surface area contributed by atoms with Crippen LogP contribution in [0.25, 0.3) is 0 Å². The van der Waals surface area contributed by atoms with Crippen LogP contribution in [0.1, 0.15) is 17.8 Å². The number of aromatic nitrogens is 2. The van der Waals surface area contributed by atoms with Crippen LogP contribution in [0.4, 0.5) is 0 Å². The second kappa shape index (κ2) is 7.11. The molecule has 0 aliphatic carbocycles. The van der Waals surface area contributed by atoms with Crippen molar-refractivity contribution in [3.8, 4) is 5.75 Å². The molecule has 0 spiro atoms. The Labute approximate surface area is 131 Å². The summed E-state index contributed by atoms with van der Waals surface area (Å²) in [4.78, 5) is 14.2. The van der Waals surface area contributed by atoms with Crippen molar-refractivity contribution >= 4 is 5.91 Å². The van der Waals surface area contributed by atoms with Crippen LogP contribution in [0.3, 0.4) is 0 Å². The fourth-order valence-electron chi connectivity index (χ4n) is 2.88. The van der Waals surface area contributed by atoms with E-state index in [9.17, 15) is 4.79 Å². The first-order chi connectivity index (χ1) is 10.5. The number of hydrogen-bond acceptors (Lipinski definition) is 5. The van der Waals surface area contributed by atoms with Crippen LogP contribution in [0, 0.1) is 13.8 Å². The molecule has 2 atom stereocenters. The molecule has 0 N–H and O–H groups in total. The van der Waals surface area contributed by atoms with Gasteiger partial charge in [0.15, 0.2) is 12.4 Å². The van der Waals surface area contributed by atoms with Crippen molar-refractivity contribution < 1.29 is 19.0 Å². The summed E-state index contributed by atoms with van der Waals surface area (Å²) in [6.07, 6.45) is 0.854. The Morgan fingerprint density at radius 3 is 2.64 bits per heavy atom. The summed E-state index contributed by atoms with van der Waals surface area (Å²) in [7, 11) is 5.16. The molecule has 22 heavy (non-hydrogen) atoms. The van der Waals surface area contributed by atoms with E-state index in [1.165, 1.54) is 0 Å². The fraction of sp³-hybridized carbons (Fsp3) is 0.733. The number of hydrogen-bond donors (Lipinski definition) is 0. The van der Waals surface area contributed by atoms with Gasteiger partial charge in [-0.1, -0.05) is 0 Å². The summed E-state index contributed by atoms with van der Waals surface area (Å²) >= 11 is 0. The van der Waals surface area contributed by atoms with Gasteiger partial charge in [-0.05, 0) is 20.3 Å². The number of amides is 1. The number of carbonyl (C=O) groups is 1. The number of ether oxygens (including phenoxy) is 3. The van der Waals surface area contributed by atoms with Gasteiger partial charge in [0, 0.05) is 27.8 Å². The van der Waals surface area contributed by atoms with E-state index in [0.29, 0.717) is 18.9 Å². The molecule has 1 fully saturated rings. The Kier molecular flexibility index (Phi) is 5.42. The highest BCUT2D eigenvalue weighted by Crippen LogP contribution is 2.23. The second-order valence-corrected chi connectivity index (χ2v) is 5.66. The van der Waals surface area contributed by atoms with Gasteiger partial charge in [0.1, 0.15) is 5.69 Å². The first-order valence-electron chi connectivity index (χ1n) is 7.42. The van der Waals surface area contributed by atoms with Crippen molar-refractivity contribution in [3.63, 3.8) is 0 Å². The van der Waals surface area contributed by atoms with Gasteiger partial charge >= 0.3 is 0 Å². The lowest BCUT2D eigenvalue weighted by Crippen LogP contribution is -2.41. The minimum Gasteiger partial charge on any atom is -0.480 e. The van der Waals surface area contributed by atoms with E-state index in [4.69, 9.17) is 14.2 Å². The monoisotopic (exact) mass is 311 g/mol. The number of carbonyl (C=O) groups excluding carboxylic acids is 1. The van der Waals surface area contributed by atoms with Gasteiger partial charge in [0.2, 0.25) is 0 Å². The Balaban J connectivity index is 1.98. The minimum absolute atomic E-state index is 0.00399. The van der Waals surface area contributed by atoms with E-state index in [1.54, 1.807) is 23.8 Å². The van der Waals surface area contributed by atoms with E-state index in [1.807, 2.05) is 20.9 Å². The Bertz CT molecular complexity index is 529. The van der Waals surface area contributed by atoms with Crippen LogP contribution < -0.4 is 4.74 Å². The number of methoxy groups -OCH3 is 2. The Morgan fingerprint density at radius 1 is 1.36 bits per heavy atom. The molecule has 0 aromatic carbocycles. The average molecular weight is 311 g/mol. The van der Waals surface area contributed by atoms with Crippen molar-refractivity contribution in [1.82, 2.24) is 14.7 Å². The summed E-state index contributed by atoms with van der Waals surface area (Å²) in [6, 6.07) is 0.0437. The number of likely N-dealkylation sites (tertiary alicyclic amines) is 1. The molecule has 1 aliphatic rings. The van der Waals surface area contributed by atoms with E-state index >= 15 is 0 Å². The van der Waals surface area contributed by atoms with Crippen molar-refractivity contribution in [3.05, 3.63) is 11.4 Å². The van der Waals surface area contributed by atoms with Crippen molar-refractivity contribution in [2.24, 2.45) is 7.05 Å². The number of nitrogens with zero attached hydrogens (tertiary/aromatic N) is 3. The van der Waals surface area contributed by atoms with Crippen LogP contribution in [0.5, 0.6) is 5.75 Å². The molecule has 2 rings (SSSR count). The minimum atomic E-state index is -0.0516. The summed E-state index contributed by atoms with van der Waals surface area (Å²) in [5.41, 5.74) is 1.70. The molecule has 0 radical (unpaired) electrons. The highest BCUT2D eigenvalue weighted by atomic mass is 16.5. The van der Waals surface area contributed by atoms with Crippen molar-refractivity contribution in [2.45, 2.75) is 32.4 Å². The molecule has 7 nitrogen and oxygen atoms in total. The lowest BCUT2D eigenvalue weighted by Gasteiger charge is -2.23. The van der Waals surface area contributed by atoms with Gasteiger partial charge in [-0.3, -0.25) is 9.48 Å². The quantitative estimate of drug-likeness (QED) is 0.773. The summed E-state index contributed by atoms with van der Waals surface area (Å²) < 4.78 is 18.0. The molecule has 1 saturated heterocycles. The van der Waals surface area contributed by atoms with E-state index in [0.717, 1.165) is 17.8 Å². The lowest BCUT2D eigenvalue weighted by atomic mass is 10.2. The zero-order valence-corrected chi connectivity index (χ0v) is 14.0. The highest BCUT2D eigenvalue weighted by Gasteiger charge is 2.35. The van der Waals surface area contributed by atoms with Gasteiger partial charge in [-0.15, -0.1) is 0 Å². The lowest BCUT2D eigenvalue weighted by molar-refractivity contribution is -0.135. The first-order valence-corrected chi connectivity index (χ1v) is 7.42. The van der Waals surface area contributed by atoms with Gasteiger partial charge < -0.3 is 19.1 Å². The predicted molar refractivity (Wildman–Crippen MR) is 81.0 cm³/mol. The molecule has 7 heteroatoms. The Morgan fingerprint density at radius 2 is 2.09 bits per heavy atom.